The van der Waals surface area contributed by atoms with Crippen LogP contribution in [0.25, 0.3) is 0 Å². The molecule has 6 heteroatoms. The highest BCUT2D eigenvalue weighted by molar-refractivity contribution is 5.90. The summed E-state index contributed by atoms with van der Waals surface area (Å²) < 4.78 is 0. The zero-order chi connectivity index (χ0) is 14.4. The van der Waals surface area contributed by atoms with E-state index >= 15 is 0 Å². The quantitative estimate of drug-likeness (QED) is 0.655. The largest absolute Gasteiger partial charge is 0.481 e. The molecule has 0 aromatic heterocycles. The highest BCUT2D eigenvalue weighted by Gasteiger charge is 2.38. The summed E-state index contributed by atoms with van der Waals surface area (Å²) in [6, 6.07) is -0.630. The van der Waals surface area contributed by atoms with Crippen molar-refractivity contribution in [3.05, 3.63) is 0 Å². The van der Waals surface area contributed by atoms with Crippen molar-refractivity contribution in [2.24, 2.45) is 11.8 Å². The molecule has 1 rings (SSSR count). The third-order valence-electron chi connectivity index (χ3n) is 3.47. The van der Waals surface area contributed by atoms with Gasteiger partial charge in [0.15, 0.2) is 0 Å². The van der Waals surface area contributed by atoms with E-state index in [9.17, 15) is 14.4 Å². The van der Waals surface area contributed by atoms with E-state index in [1.54, 1.807) is 6.92 Å². The first-order valence-electron chi connectivity index (χ1n) is 6.78. The minimum atomic E-state index is -0.930. The van der Waals surface area contributed by atoms with E-state index in [1.807, 2.05) is 6.92 Å². The maximum absolute atomic E-state index is 12.0. The number of amides is 2. The van der Waals surface area contributed by atoms with Gasteiger partial charge in [0.25, 0.3) is 0 Å². The first kappa shape index (κ1) is 15.5. The first-order valence-corrected chi connectivity index (χ1v) is 6.78. The Balaban J connectivity index is 2.50. The Morgan fingerprint density at radius 3 is 2.47 bits per heavy atom. The highest BCUT2D eigenvalue weighted by Crippen LogP contribution is 2.32. The van der Waals surface area contributed by atoms with Crippen molar-refractivity contribution in [3.63, 3.8) is 0 Å². The molecule has 3 N–H and O–H groups in total. The van der Waals surface area contributed by atoms with Crippen LogP contribution < -0.4 is 10.6 Å². The number of hydrogen-bond acceptors (Lipinski definition) is 3. The number of carbonyl (C=O) groups excluding carboxylic acids is 2. The summed E-state index contributed by atoms with van der Waals surface area (Å²) in [5.74, 6) is -2.63. The van der Waals surface area contributed by atoms with E-state index in [1.165, 1.54) is 0 Å². The van der Waals surface area contributed by atoms with E-state index in [0.717, 1.165) is 12.8 Å². The van der Waals surface area contributed by atoms with Crippen LogP contribution in [0.1, 0.15) is 39.5 Å². The molecule has 19 heavy (non-hydrogen) atoms. The number of carboxylic acids is 1. The molecule has 0 aliphatic heterocycles. The summed E-state index contributed by atoms with van der Waals surface area (Å²) in [6.07, 6.45) is 2.68. The minimum Gasteiger partial charge on any atom is -0.481 e. The van der Waals surface area contributed by atoms with E-state index in [-0.39, 0.29) is 11.8 Å². The van der Waals surface area contributed by atoms with Gasteiger partial charge in [-0.05, 0) is 26.2 Å². The number of carboxylic acid groups (broad SMARTS) is 1. The van der Waals surface area contributed by atoms with Crippen LogP contribution in [-0.2, 0) is 14.4 Å². The third kappa shape index (κ3) is 4.22. The smallest absolute Gasteiger partial charge is 0.307 e. The fourth-order valence-electron chi connectivity index (χ4n) is 2.36. The summed E-state index contributed by atoms with van der Waals surface area (Å²) in [5, 5.41) is 14.3. The van der Waals surface area contributed by atoms with Gasteiger partial charge in [-0.2, -0.15) is 0 Å². The van der Waals surface area contributed by atoms with Crippen molar-refractivity contribution in [2.45, 2.75) is 45.6 Å². The zero-order valence-electron chi connectivity index (χ0n) is 11.4. The highest BCUT2D eigenvalue weighted by atomic mass is 16.4. The molecule has 0 radical (unpaired) electrons. The lowest BCUT2D eigenvalue weighted by molar-refractivity contribution is -0.146. The molecular weight excluding hydrogens is 248 g/mol. The topological polar surface area (TPSA) is 95.5 Å². The minimum absolute atomic E-state index is 0.236. The molecule has 0 heterocycles. The maximum Gasteiger partial charge on any atom is 0.307 e. The van der Waals surface area contributed by atoms with E-state index in [0.29, 0.717) is 19.4 Å². The fraction of sp³-hybridized carbons (Fsp3) is 0.769. The number of carbonyl (C=O) groups is 3. The monoisotopic (exact) mass is 270 g/mol. The molecule has 1 aliphatic carbocycles. The van der Waals surface area contributed by atoms with E-state index in [2.05, 4.69) is 10.6 Å². The average Bonchev–Trinajstić information content (AvgIpc) is 2.84. The van der Waals surface area contributed by atoms with Crippen LogP contribution >= 0.6 is 0 Å². The van der Waals surface area contributed by atoms with Gasteiger partial charge in [0.05, 0.1) is 11.8 Å². The van der Waals surface area contributed by atoms with Gasteiger partial charge in [0.2, 0.25) is 11.8 Å². The zero-order valence-corrected chi connectivity index (χ0v) is 11.4. The lowest BCUT2D eigenvalue weighted by Crippen LogP contribution is -2.47. The van der Waals surface area contributed by atoms with Crippen molar-refractivity contribution >= 4 is 17.8 Å². The van der Waals surface area contributed by atoms with Crippen molar-refractivity contribution in [1.82, 2.24) is 10.6 Å². The van der Waals surface area contributed by atoms with Crippen molar-refractivity contribution in [3.8, 4) is 0 Å². The summed E-state index contributed by atoms with van der Waals surface area (Å²) >= 11 is 0. The molecule has 108 valence electrons. The van der Waals surface area contributed by atoms with Crippen LogP contribution in [0.5, 0.6) is 0 Å². The predicted molar refractivity (Wildman–Crippen MR) is 69.4 cm³/mol. The first-order chi connectivity index (χ1) is 8.97. The normalized spacial score (nSPS) is 23.7. The molecule has 3 unspecified atom stereocenters. The van der Waals surface area contributed by atoms with Crippen LogP contribution in [0.15, 0.2) is 0 Å². The molecule has 3 atom stereocenters. The Morgan fingerprint density at radius 2 is 1.89 bits per heavy atom. The van der Waals surface area contributed by atoms with Gasteiger partial charge in [-0.1, -0.05) is 13.3 Å². The van der Waals surface area contributed by atoms with Gasteiger partial charge in [-0.25, -0.2) is 0 Å². The Labute approximate surface area is 112 Å². The third-order valence-corrected chi connectivity index (χ3v) is 3.47. The van der Waals surface area contributed by atoms with Gasteiger partial charge in [0, 0.05) is 6.54 Å². The summed E-state index contributed by atoms with van der Waals surface area (Å²) in [6.45, 7) is 4.12. The van der Waals surface area contributed by atoms with Crippen LogP contribution in [0.2, 0.25) is 0 Å². The van der Waals surface area contributed by atoms with Gasteiger partial charge >= 0.3 is 5.97 Å². The number of rotatable bonds is 6. The summed E-state index contributed by atoms with van der Waals surface area (Å²) in [5.41, 5.74) is 0. The molecule has 1 aliphatic rings. The van der Waals surface area contributed by atoms with Crippen molar-refractivity contribution < 1.29 is 19.5 Å². The standard InChI is InChI=1S/C13H22N2O4/c1-3-7-14-11(16)8(2)15-12(17)9-5-4-6-10(9)13(18)19/h8-10H,3-7H2,1-2H3,(H,14,16)(H,15,17)(H,18,19). The molecular formula is C13H22N2O4. The second kappa shape index (κ2) is 7.11. The van der Waals surface area contributed by atoms with Crippen LogP contribution in [0, 0.1) is 11.8 Å². The van der Waals surface area contributed by atoms with Crippen molar-refractivity contribution in [2.75, 3.05) is 6.54 Å². The molecule has 1 fully saturated rings. The molecule has 6 nitrogen and oxygen atoms in total. The molecule has 1 saturated carbocycles. The number of hydrogen-bond donors (Lipinski definition) is 3. The molecule has 0 aromatic rings. The SMILES string of the molecule is CCCNC(=O)C(C)NC(=O)C1CCCC1C(=O)O. The van der Waals surface area contributed by atoms with E-state index in [4.69, 9.17) is 5.11 Å². The fourth-order valence-corrected chi connectivity index (χ4v) is 2.36. The lowest BCUT2D eigenvalue weighted by Gasteiger charge is -2.19. The Bertz CT molecular complexity index is 357. The summed E-state index contributed by atoms with van der Waals surface area (Å²) in [4.78, 5) is 34.6. The summed E-state index contributed by atoms with van der Waals surface area (Å²) in [7, 11) is 0. The van der Waals surface area contributed by atoms with Gasteiger partial charge < -0.3 is 15.7 Å². The van der Waals surface area contributed by atoms with E-state index < -0.39 is 23.8 Å². The van der Waals surface area contributed by atoms with Crippen LogP contribution in [0.4, 0.5) is 0 Å². The van der Waals surface area contributed by atoms with Crippen LogP contribution in [-0.4, -0.2) is 35.5 Å². The van der Waals surface area contributed by atoms with Crippen molar-refractivity contribution in [1.29, 1.82) is 0 Å². The lowest BCUT2D eigenvalue weighted by atomic mass is 9.95. The van der Waals surface area contributed by atoms with Gasteiger partial charge in [-0.15, -0.1) is 0 Å². The Hall–Kier alpha value is -1.59. The Morgan fingerprint density at radius 1 is 1.26 bits per heavy atom. The average molecular weight is 270 g/mol. The van der Waals surface area contributed by atoms with Gasteiger partial charge in [-0.3, -0.25) is 14.4 Å². The second-order valence-corrected chi connectivity index (χ2v) is 5.00. The molecule has 2 amide bonds. The molecule has 0 spiro atoms. The van der Waals surface area contributed by atoms with Gasteiger partial charge in [0.1, 0.15) is 6.04 Å². The number of nitrogens with one attached hydrogen (secondary N) is 2. The predicted octanol–water partition coefficient (Wildman–Crippen LogP) is 0.518. The Kier molecular flexibility index (Phi) is 5.79. The molecule has 0 saturated heterocycles. The molecule has 0 aromatic carbocycles. The second-order valence-electron chi connectivity index (χ2n) is 5.00. The number of aliphatic carboxylic acids is 1. The maximum atomic E-state index is 12.0. The molecule has 0 bridgehead atoms. The van der Waals surface area contributed by atoms with Crippen LogP contribution in [0.3, 0.4) is 0 Å².